The summed E-state index contributed by atoms with van der Waals surface area (Å²) in [7, 11) is 3.22. The molecule has 0 radical (unpaired) electrons. The summed E-state index contributed by atoms with van der Waals surface area (Å²) in [6, 6.07) is 13.2. The number of methoxy groups -OCH3 is 2. The highest BCUT2D eigenvalue weighted by molar-refractivity contribution is 7.09. The molecule has 1 N–H and O–H groups in total. The molecular weight excluding hydrogens is 348 g/mol. The number of amides is 1. The lowest BCUT2D eigenvalue weighted by molar-refractivity contribution is 0.0930. The molecule has 0 spiro atoms. The topological polar surface area (TPSA) is 52.5 Å². The number of carbonyl (C=O) groups excluding carboxylic acids is 1. The second-order valence-corrected chi connectivity index (χ2v) is 6.94. The third kappa shape index (κ3) is 3.91. The molecule has 6 heteroatoms. The Morgan fingerprint density at radius 2 is 2.04 bits per heavy atom. The molecule has 1 amide bonds. The Kier molecular flexibility index (Phi) is 5.63. The number of nitrogens with zero attached hydrogens (tertiary/aromatic N) is 1. The number of benzene rings is 1. The van der Waals surface area contributed by atoms with E-state index in [0.717, 1.165) is 5.56 Å². The number of aromatic nitrogens is 1. The van der Waals surface area contributed by atoms with Gasteiger partial charge < -0.3 is 19.4 Å². The Labute approximate surface area is 157 Å². The zero-order chi connectivity index (χ0) is 18.5. The number of carbonyl (C=O) groups is 1. The van der Waals surface area contributed by atoms with Gasteiger partial charge in [-0.25, -0.2) is 0 Å². The third-order valence-corrected chi connectivity index (χ3v) is 5.08. The summed E-state index contributed by atoms with van der Waals surface area (Å²) in [5.74, 6) is 1.29. The number of hydrogen-bond donors (Lipinski definition) is 1. The minimum Gasteiger partial charge on any atom is -0.497 e. The van der Waals surface area contributed by atoms with E-state index in [4.69, 9.17) is 9.47 Å². The third-order valence-electron chi connectivity index (χ3n) is 4.22. The van der Waals surface area contributed by atoms with Crippen LogP contribution in [0.1, 0.15) is 33.9 Å². The molecule has 3 rings (SSSR count). The van der Waals surface area contributed by atoms with Gasteiger partial charge in [-0.15, -0.1) is 11.3 Å². The largest absolute Gasteiger partial charge is 0.497 e. The van der Waals surface area contributed by atoms with Crippen molar-refractivity contribution >= 4 is 17.2 Å². The first-order valence-corrected chi connectivity index (χ1v) is 9.20. The summed E-state index contributed by atoms with van der Waals surface area (Å²) < 4.78 is 12.6. The van der Waals surface area contributed by atoms with Crippen molar-refractivity contribution in [3.8, 4) is 11.5 Å². The van der Waals surface area contributed by atoms with Gasteiger partial charge in [-0.3, -0.25) is 4.79 Å². The van der Waals surface area contributed by atoms with Crippen LogP contribution in [0.15, 0.2) is 54.0 Å². The molecule has 5 nitrogen and oxygen atoms in total. The van der Waals surface area contributed by atoms with E-state index in [9.17, 15) is 4.79 Å². The standard InChI is InChI=1S/C20H22N2O3S/c1-14(17-9-8-15(24-2)12-19(17)25-3)21-20(23)18-7-4-10-22(18)13-16-6-5-11-26-16/h4-12,14H,13H2,1-3H3,(H,21,23). The van der Waals surface area contributed by atoms with Crippen molar-refractivity contribution in [1.82, 2.24) is 9.88 Å². The molecule has 0 saturated heterocycles. The molecule has 0 bridgehead atoms. The van der Waals surface area contributed by atoms with Gasteiger partial charge in [-0.05, 0) is 42.6 Å². The lowest BCUT2D eigenvalue weighted by Gasteiger charge is -2.18. The van der Waals surface area contributed by atoms with E-state index in [1.165, 1.54) is 4.88 Å². The van der Waals surface area contributed by atoms with Crippen molar-refractivity contribution in [2.24, 2.45) is 0 Å². The SMILES string of the molecule is COc1ccc(C(C)NC(=O)c2cccn2Cc2cccs2)c(OC)c1. The monoisotopic (exact) mass is 370 g/mol. The van der Waals surface area contributed by atoms with E-state index in [1.807, 2.05) is 59.5 Å². The first-order valence-electron chi connectivity index (χ1n) is 8.32. The fraction of sp³-hybridized carbons (Fsp3) is 0.250. The molecule has 1 aromatic carbocycles. The predicted molar refractivity (Wildman–Crippen MR) is 103 cm³/mol. The zero-order valence-electron chi connectivity index (χ0n) is 15.1. The molecule has 0 fully saturated rings. The summed E-state index contributed by atoms with van der Waals surface area (Å²) in [5, 5.41) is 5.09. The number of ether oxygens (including phenoxy) is 2. The normalized spacial score (nSPS) is 11.8. The van der Waals surface area contributed by atoms with Gasteiger partial charge in [0.15, 0.2) is 0 Å². The number of nitrogens with one attached hydrogen (secondary N) is 1. The van der Waals surface area contributed by atoms with E-state index in [1.54, 1.807) is 25.6 Å². The van der Waals surface area contributed by atoms with E-state index in [0.29, 0.717) is 23.7 Å². The zero-order valence-corrected chi connectivity index (χ0v) is 15.9. The predicted octanol–water partition coefficient (Wildman–Crippen LogP) is 4.11. The van der Waals surface area contributed by atoms with Gasteiger partial charge in [-0.2, -0.15) is 0 Å². The Bertz CT molecular complexity index is 871. The number of thiophene rings is 1. The summed E-state index contributed by atoms with van der Waals surface area (Å²) in [6.07, 6.45) is 1.92. The van der Waals surface area contributed by atoms with Crippen LogP contribution in [-0.2, 0) is 6.54 Å². The Morgan fingerprint density at radius 3 is 2.73 bits per heavy atom. The average Bonchev–Trinajstić information content (AvgIpc) is 3.33. The molecule has 26 heavy (non-hydrogen) atoms. The molecule has 1 atom stereocenters. The lowest BCUT2D eigenvalue weighted by atomic mass is 10.1. The van der Waals surface area contributed by atoms with Gasteiger partial charge in [0.2, 0.25) is 0 Å². The van der Waals surface area contributed by atoms with E-state index >= 15 is 0 Å². The van der Waals surface area contributed by atoms with Gasteiger partial charge in [-0.1, -0.05) is 6.07 Å². The van der Waals surface area contributed by atoms with E-state index in [2.05, 4.69) is 11.4 Å². The van der Waals surface area contributed by atoms with Crippen molar-refractivity contribution in [2.75, 3.05) is 14.2 Å². The summed E-state index contributed by atoms with van der Waals surface area (Å²) >= 11 is 1.68. The van der Waals surface area contributed by atoms with Crippen LogP contribution in [0, 0.1) is 0 Å². The molecule has 0 saturated carbocycles. The fourth-order valence-corrected chi connectivity index (χ4v) is 3.56. The summed E-state index contributed by atoms with van der Waals surface area (Å²) in [4.78, 5) is 14.0. The highest BCUT2D eigenvalue weighted by Gasteiger charge is 2.18. The summed E-state index contributed by atoms with van der Waals surface area (Å²) in [6.45, 7) is 2.63. The van der Waals surface area contributed by atoms with Crippen molar-refractivity contribution in [3.05, 3.63) is 70.2 Å². The van der Waals surface area contributed by atoms with Crippen LogP contribution in [0.25, 0.3) is 0 Å². The van der Waals surface area contributed by atoms with Gasteiger partial charge in [0, 0.05) is 22.7 Å². The maximum Gasteiger partial charge on any atom is 0.268 e. The second-order valence-electron chi connectivity index (χ2n) is 5.90. The molecule has 2 heterocycles. The number of rotatable bonds is 7. The maximum absolute atomic E-state index is 12.8. The Morgan fingerprint density at radius 1 is 1.19 bits per heavy atom. The molecule has 2 aromatic heterocycles. The van der Waals surface area contributed by atoms with E-state index in [-0.39, 0.29) is 11.9 Å². The van der Waals surface area contributed by atoms with Gasteiger partial charge >= 0.3 is 0 Å². The highest BCUT2D eigenvalue weighted by atomic mass is 32.1. The van der Waals surface area contributed by atoms with Crippen LogP contribution in [-0.4, -0.2) is 24.7 Å². The van der Waals surface area contributed by atoms with Crippen LogP contribution in [0.3, 0.4) is 0 Å². The van der Waals surface area contributed by atoms with Crippen LogP contribution in [0.4, 0.5) is 0 Å². The molecule has 136 valence electrons. The van der Waals surface area contributed by atoms with Crippen molar-refractivity contribution in [1.29, 1.82) is 0 Å². The maximum atomic E-state index is 12.8. The Balaban J connectivity index is 1.75. The second kappa shape index (κ2) is 8.10. The number of hydrogen-bond acceptors (Lipinski definition) is 4. The first-order chi connectivity index (χ1) is 12.6. The van der Waals surface area contributed by atoms with Crippen molar-refractivity contribution in [2.45, 2.75) is 19.5 Å². The minimum absolute atomic E-state index is 0.114. The Hall–Kier alpha value is -2.73. The van der Waals surface area contributed by atoms with Crippen LogP contribution < -0.4 is 14.8 Å². The molecule has 0 aliphatic rings. The van der Waals surface area contributed by atoms with Crippen LogP contribution in [0.2, 0.25) is 0 Å². The quantitative estimate of drug-likeness (QED) is 0.681. The highest BCUT2D eigenvalue weighted by Crippen LogP contribution is 2.29. The van der Waals surface area contributed by atoms with Gasteiger partial charge in [0.05, 0.1) is 26.8 Å². The molecular formula is C20H22N2O3S. The van der Waals surface area contributed by atoms with Crippen LogP contribution >= 0.6 is 11.3 Å². The fourth-order valence-electron chi connectivity index (χ4n) is 2.85. The van der Waals surface area contributed by atoms with Gasteiger partial charge in [0.25, 0.3) is 5.91 Å². The smallest absolute Gasteiger partial charge is 0.268 e. The minimum atomic E-state index is -0.201. The molecule has 0 aliphatic heterocycles. The summed E-state index contributed by atoms with van der Waals surface area (Å²) in [5.41, 5.74) is 1.54. The van der Waals surface area contributed by atoms with Gasteiger partial charge in [0.1, 0.15) is 17.2 Å². The molecule has 3 aromatic rings. The van der Waals surface area contributed by atoms with Crippen LogP contribution in [0.5, 0.6) is 11.5 Å². The lowest BCUT2D eigenvalue weighted by Crippen LogP contribution is -2.29. The molecule has 0 aliphatic carbocycles. The first kappa shape index (κ1) is 18.1. The average molecular weight is 370 g/mol. The van der Waals surface area contributed by atoms with Crippen molar-refractivity contribution < 1.29 is 14.3 Å². The molecule has 1 unspecified atom stereocenters. The van der Waals surface area contributed by atoms with Crippen molar-refractivity contribution in [3.63, 3.8) is 0 Å². The van der Waals surface area contributed by atoms with E-state index < -0.39 is 0 Å².